The molecule has 1 aromatic carbocycles. The molecule has 38 heavy (non-hydrogen) atoms. The second kappa shape index (κ2) is 10.9. The molecule has 2 amide bonds. The molecular weight excluding hydrogens is 556 g/mol. The van der Waals surface area contributed by atoms with Gasteiger partial charge in [0.25, 0.3) is 17.4 Å². The fourth-order valence-corrected chi connectivity index (χ4v) is 4.18. The summed E-state index contributed by atoms with van der Waals surface area (Å²) in [5, 5.41) is 2.34. The van der Waals surface area contributed by atoms with Crippen molar-refractivity contribution in [1.82, 2.24) is 15.3 Å². The minimum absolute atomic E-state index is 0.222. The van der Waals surface area contributed by atoms with Crippen LogP contribution < -0.4 is 15.0 Å². The Bertz CT molecular complexity index is 1150. The number of nitrogens with one attached hydrogen (secondary N) is 1. The lowest BCUT2D eigenvalue weighted by atomic mass is 9.87. The van der Waals surface area contributed by atoms with Gasteiger partial charge in [-0.25, -0.2) is 23.1 Å². The van der Waals surface area contributed by atoms with Crippen molar-refractivity contribution in [1.29, 1.82) is 0 Å². The van der Waals surface area contributed by atoms with Gasteiger partial charge in [0.15, 0.2) is 5.54 Å². The first-order valence-corrected chi connectivity index (χ1v) is 11.3. The quantitative estimate of drug-likeness (QED) is 0.282. The number of halogens is 9. The van der Waals surface area contributed by atoms with Gasteiger partial charge in [0, 0.05) is 24.6 Å². The number of carbonyl (C=O) groups is 2. The number of alkyl halides is 7. The topological polar surface area (TPSA) is 84.4 Å². The molecule has 1 N–H and O–H groups in total. The third-order valence-electron chi connectivity index (χ3n) is 5.92. The highest BCUT2D eigenvalue weighted by Gasteiger charge is 2.51. The van der Waals surface area contributed by atoms with Gasteiger partial charge in [-0.1, -0.05) is 11.6 Å². The minimum atomic E-state index is -5.09. The zero-order chi connectivity index (χ0) is 28.5. The Hall–Kier alpha value is -3.23. The zero-order valence-electron chi connectivity index (χ0n) is 19.3. The lowest BCUT2D eigenvalue weighted by Crippen LogP contribution is -2.61. The molecule has 7 nitrogen and oxygen atoms in total. The molecule has 1 heterocycles. The number of benzene rings is 1. The normalized spacial score (nSPS) is 18.3. The van der Waals surface area contributed by atoms with Crippen LogP contribution in [-0.2, 0) is 15.1 Å². The van der Waals surface area contributed by atoms with Crippen LogP contribution in [0.15, 0.2) is 30.6 Å². The number of anilines is 1. The van der Waals surface area contributed by atoms with Crippen molar-refractivity contribution in [2.75, 3.05) is 4.90 Å². The maximum absolute atomic E-state index is 14.9. The van der Waals surface area contributed by atoms with Crippen molar-refractivity contribution in [3.63, 3.8) is 0 Å². The van der Waals surface area contributed by atoms with Crippen molar-refractivity contribution in [3.05, 3.63) is 48.1 Å². The number of nitrogens with zero attached hydrogens (tertiary/aromatic N) is 3. The van der Waals surface area contributed by atoms with Crippen LogP contribution in [0.2, 0.25) is 0 Å². The Kier molecular flexibility index (Phi) is 8.39. The first kappa shape index (κ1) is 29.3. The molecule has 2 aromatic rings. The summed E-state index contributed by atoms with van der Waals surface area (Å²) in [4.78, 5) is 33.1. The van der Waals surface area contributed by atoms with E-state index < -0.39 is 83.0 Å². The van der Waals surface area contributed by atoms with Crippen LogP contribution in [0.1, 0.15) is 38.2 Å². The van der Waals surface area contributed by atoms with Gasteiger partial charge in [0.05, 0.1) is 5.56 Å². The van der Waals surface area contributed by atoms with Crippen molar-refractivity contribution in [2.45, 2.75) is 62.1 Å². The van der Waals surface area contributed by atoms with Gasteiger partial charge in [0.1, 0.15) is 12.1 Å². The third kappa shape index (κ3) is 6.42. The van der Waals surface area contributed by atoms with Crippen molar-refractivity contribution in [3.8, 4) is 5.75 Å². The Morgan fingerprint density at radius 1 is 1.11 bits per heavy atom. The van der Waals surface area contributed by atoms with E-state index >= 15 is 0 Å². The van der Waals surface area contributed by atoms with Crippen molar-refractivity contribution >= 4 is 29.1 Å². The summed E-state index contributed by atoms with van der Waals surface area (Å²) in [6.07, 6.45) is -6.30. The molecule has 2 atom stereocenters. The molecule has 0 bridgehead atoms. The number of amides is 2. The van der Waals surface area contributed by atoms with Gasteiger partial charge in [-0.2, -0.15) is 8.78 Å². The van der Waals surface area contributed by atoms with Crippen LogP contribution in [0.3, 0.4) is 0 Å². The molecule has 1 aromatic heterocycles. The van der Waals surface area contributed by atoms with Gasteiger partial charge in [-0.3, -0.25) is 14.5 Å². The van der Waals surface area contributed by atoms with E-state index in [0.29, 0.717) is 18.5 Å². The van der Waals surface area contributed by atoms with Crippen LogP contribution in [0.25, 0.3) is 0 Å². The van der Waals surface area contributed by atoms with E-state index in [0.717, 1.165) is 19.1 Å². The Morgan fingerprint density at radius 2 is 1.63 bits per heavy atom. The van der Waals surface area contributed by atoms with Gasteiger partial charge >= 0.3 is 6.36 Å². The molecular formula is C22H19ClF8N4O3. The van der Waals surface area contributed by atoms with E-state index in [4.69, 9.17) is 11.6 Å². The number of aromatic nitrogens is 2. The molecule has 208 valence electrons. The van der Waals surface area contributed by atoms with E-state index in [9.17, 15) is 44.7 Å². The molecule has 0 unspecified atom stereocenters. The van der Waals surface area contributed by atoms with E-state index in [1.165, 1.54) is 0 Å². The molecule has 1 aliphatic rings. The van der Waals surface area contributed by atoms with E-state index in [-0.39, 0.29) is 17.7 Å². The molecule has 3 rings (SSSR count). The fourth-order valence-electron chi connectivity index (χ4n) is 4.08. The third-order valence-corrected chi connectivity index (χ3v) is 6.11. The van der Waals surface area contributed by atoms with Gasteiger partial charge in [-0.15, -0.1) is 13.2 Å². The van der Waals surface area contributed by atoms with Crippen LogP contribution >= 0.6 is 11.6 Å². The standard InChI is InChI=1S/C22H19ClF8N4O3/c1-20(14-16(25)32-10-33-17(14)26,19(37)34-11-6-8-21(27,28)9-7-11)35(18(36)15(23)24)12-2-4-13(5-3-12)38-22(29,30)31/h2-5,10-11,15H,6-9H2,1H3,(H,34,37)/t15-,20-/m0/s1. The summed E-state index contributed by atoms with van der Waals surface area (Å²) in [6.45, 7) is 0.794. The summed E-state index contributed by atoms with van der Waals surface area (Å²) in [5.41, 5.74) is -7.50. The van der Waals surface area contributed by atoms with Crippen LogP contribution in [-0.4, -0.2) is 45.7 Å². The summed E-state index contributed by atoms with van der Waals surface area (Å²) >= 11 is 5.33. The fraction of sp³-hybridized carbons (Fsp3) is 0.455. The Balaban J connectivity index is 2.14. The maximum Gasteiger partial charge on any atom is 0.573 e. The SMILES string of the molecule is C[C@@](C(=O)NC1CCC(F)(F)CC1)(c1c(F)ncnc1F)N(C(=O)[C@H](F)Cl)c1ccc(OC(F)(F)F)cc1. The smallest absolute Gasteiger partial charge is 0.406 e. The average Bonchev–Trinajstić information content (AvgIpc) is 2.80. The predicted octanol–water partition coefficient (Wildman–Crippen LogP) is 5.13. The zero-order valence-corrected chi connectivity index (χ0v) is 20.1. The van der Waals surface area contributed by atoms with Crippen molar-refractivity contribution < 1.29 is 49.4 Å². The highest BCUT2D eigenvalue weighted by atomic mass is 35.5. The highest BCUT2D eigenvalue weighted by Crippen LogP contribution is 2.39. The second-order valence-electron chi connectivity index (χ2n) is 8.52. The predicted molar refractivity (Wildman–Crippen MR) is 116 cm³/mol. The number of hydrogen-bond acceptors (Lipinski definition) is 5. The maximum atomic E-state index is 14.9. The molecule has 1 aliphatic carbocycles. The molecule has 0 aliphatic heterocycles. The Morgan fingerprint density at radius 3 is 2.11 bits per heavy atom. The highest BCUT2D eigenvalue weighted by molar-refractivity contribution is 6.32. The first-order chi connectivity index (χ1) is 17.5. The second-order valence-corrected chi connectivity index (χ2v) is 8.91. The van der Waals surface area contributed by atoms with Gasteiger partial charge < -0.3 is 10.1 Å². The monoisotopic (exact) mass is 574 g/mol. The molecule has 1 fully saturated rings. The molecule has 1 saturated carbocycles. The lowest BCUT2D eigenvalue weighted by molar-refractivity contribution is -0.274. The first-order valence-electron chi connectivity index (χ1n) is 10.9. The number of ether oxygens (including phenoxy) is 1. The number of carbonyl (C=O) groups excluding carboxylic acids is 2. The van der Waals surface area contributed by atoms with Crippen molar-refractivity contribution in [2.24, 2.45) is 0 Å². The van der Waals surface area contributed by atoms with Crippen LogP contribution in [0, 0.1) is 11.9 Å². The van der Waals surface area contributed by atoms with Crippen LogP contribution in [0.4, 0.5) is 40.8 Å². The number of rotatable bonds is 7. The van der Waals surface area contributed by atoms with Gasteiger partial charge in [0.2, 0.25) is 17.8 Å². The summed E-state index contributed by atoms with van der Waals surface area (Å²) in [6, 6.07) is 2.03. The Labute approximate surface area is 215 Å². The van der Waals surface area contributed by atoms with Gasteiger partial charge in [-0.05, 0) is 44.0 Å². The summed E-state index contributed by atoms with van der Waals surface area (Å²) in [7, 11) is 0. The molecule has 0 spiro atoms. The summed E-state index contributed by atoms with van der Waals surface area (Å²) in [5.74, 6) is -10.1. The average molecular weight is 575 g/mol. The molecule has 0 saturated heterocycles. The van der Waals surface area contributed by atoms with E-state index in [1.807, 2.05) is 0 Å². The largest absolute Gasteiger partial charge is 0.573 e. The molecule has 0 radical (unpaired) electrons. The molecule has 16 heteroatoms. The minimum Gasteiger partial charge on any atom is -0.406 e. The lowest BCUT2D eigenvalue weighted by Gasteiger charge is -2.41. The van der Waals surface area contributed by atoms with E-state index in [2.05, 4.69) is 20.0 Å². The van der Waals surface area contributed by atoms with E-state index in [1.54, 1.807) is 0 Å². The number of hydrogen-bond donors (Lipinski definition) is 1. The van der Waals surface area contributed by atoms with Crippen LogP contribution in [0.5, 0.6) is 5.75 Å². The summed E-state index contributed by atoms with van der Waals surface area (Å²) < 4.78 is 113.